The summed E-state index contributed by atoms with van der Waals surface area (Å²) in [6, 6.07) is 7.50. The summed E-state index contributed by atoms with van der Waals surface area (Å²) < 4.78 is 5.46. The normalized spacial score (nSPS) is 24.8. The van der Waals surface area contributed by atoms with Crippen LogP contribution in [0.15, 0.2) is 24.3 Å². The van der Waals surface area contributed by atoms with Crippen molar-refractivity contribution in [2.45, 2.75) is 32.4 Å². The van der Waals surface area contributed by atoms with Crippen molar-refractivity contribution in [1.82, 2.24) is 0 Å². The lowest BCUT2D eigenvalue weighted by Crippen LogP contribution is -2.31. The summed E-state index contributed by atoms with van der Waals surface area (Å²) in [4.78, 5) is 12.1. The van der Waals surface area contributed by atoms with E-state index in [0.717, 1.165) is 17.7 Å². The summed E-state index contributed by atoms with van der Waals surface area (Å²) in [5.41, 5.74) is 7.61. The number of ether oxygens (including phenoxy) is 1. The largest absolute Gasteiger partial charge is 0.368 e. The highest BCUT2D eigenvalue weighted by molar-refractivity contribution is 5.95. The van der Waals surface area contributed by atoms with Gasteiger partial charge in [-0.15, -0.1) is 0 Å². The summed E-state index contributed by atoms with van der Waals surface area (Å²) in [6.45, 7) is 4.60. The third-order valence-corrected chi connectivity index (χ3v) is 3.36. The molecule has 1 aromatic rings. The van der Waals surface area contributed by atoms with Gasteiger partial charge in [-0.1, -0.05) is 25.1 Å². The summed E-state index contributed by atoms with van der Waals surface area (Å²) >= 11 is 0. The van der Waals surface area contributed by atoms with E-state index in [-0.39, 0.29) is 24.0 Å². The average molecular weight is 248 g/mol. The standard InChI is InChI=1S/C14H20N2O2/c1-9-7-8-18-13(9)14(17)16-12-6-4-3-5-11(12)10(2)15/h3-6,9-10,13H,7-8,15H2,1-2H3,(H,16,17). The minimum atomic E-state index is -0.342. The Balaban J connectivity index is 2.11. The fourth-order valence-electron chi connectivity index (χ4n) is 2.24. The molecule has 1 amide bonds. The maximum atomic E-state index is 12.1. The molecule has 1 aliphatic heterocycles. The molecule has 0 bridgehead atoms. The molecule has 18 heavy (non-hydrogen) atoms. The SMILES string of the molecule is CC(N)c1ccccc1NC(=O)C1OCCC1C. The van der Waals surface area contributed by atoms with Gasteiger partial charge < -0.3 is 15.8 Å². The van der Waals surface area contributed by atoms with Crippen molar-refractivity contribution in [2.75, 3.05) is 11.9 Å². The number of amides is 1. The number of nitrogens with one attached hydrogen (secondary N) is 1. The second kappa shape index (κ2) is 5.50. The molecular weight excluding hydrogens is 228 g/mol. The third-order valence-electron chi connectivity index (χ3n) is 3.36. The van der Waals surface area contributed by atoms with Gasteiger partial charge in [0.05, 0.1) is 0 Å². The second-order valence-corrected chi connectivity index (χ2v) is 4.92. The van der Waals surface area contributed by atoms with Crippen molar-refractivity contribution < 1.29 is 9.53 Å². The number of hydrogen-bond donors (Lipinski definition) is 2. The first-order valence-corrected chi connectivity index (χ1v) is 6.36. The lowest BCUT2D eigenvalue weighted by molar-refractivity contribution is -0.126. The number of para-hydroxylation sites is 1. The zero-order valence-corrected chi connectivity index (χ0v) is 10.8. The smallest absolute Gasteiger partial charge is 0.253 e. The van der Waals surface area contributed by atoms with E-state index in [1.807, 2.05) is 38.1 Å². The first-order chi connectivity index (χ1) is 8.59. The molecule has 1 aliphatic rings. The molecule has 1 saturated heterocycles. The fraction of sp³-hybridized carbons (Fsp3) is 0.500. The minimum absolute atomic E-state index is 0.0758. The van der Waals surface area contributed by atoms with Gasteiger partial charge in [0.25, 0.3) is 5.91 Å². The Labute approximate surface area is 108 Å². The lowest BCUT2D eigenvalue weighted by Gasteiger charge is -2.17. The Morgan fingerprint density at radius 3 is 2.83 bits per heavy atom. The highest BCUT2D eigenvalue weighted by Gasteiger charge is 2.31. The van der Waals surface area contributed by atoms with Crippen LogP contribution in [0.3, 0.4) is 0 Å². The number of benzene rings is 1. The first-order valence-electron chi connectivity index (χ1n) is 6.36. The zero-order chi connectivity index (χ0) is 13.1. The maximum Gasteiger partial charge on any atom is 0.253 e. The molecule has 0 aliphatic carbocycles. The van der Waals surface area contributed by atoms with Crippen LogP contribution in [0, 0.1) is 5.92 Å². The molecular formula is C14H20N2O2. The Hall–Kier alpha value is -1.39. The minimum Gasteiger partial charge on any atom is -0.368 e. The van der Waals surface area contributed by atoms with Crippen LogP contribution < -0.4 is 11.1 Å². The van der Waals surface area contributed by atoms with Crippen LogP contribution in [-0.4, -0.2) is 18.6 Å². The Morgan fingerprint density at radius 2 is 2.22 bits per heavy atom. The fourth-order valence-corrected chi connectivity index (χ4v) is 2.24. The molecule has 3 unspecified atom stereocenters. The van der Waals surface area contributed by atoms with E-state index < -0.39 is 0 Å². The van der Waals surface area contributed by atoms with E-state index in [1.54, 1.807) is 0 Å². The number of hydrogen-bond acceptors (Lipinski definition) is 3. The van der Waals surface area contributed by atoms with Crippen molar-refractivity contribution in [3.8, 4) is 0 Å². The van der Waals surface area contributed by atoms with Gasteiger partial charge >= 0.3 is 0 Å². The van der Waals surface area contributed by atoms with Gasteiger partial charge in [-0.3, -0.25) is 4.79 Å². The van der Waals surface area contributed by atoms with Crippen LogP contribution in [-0.2, 0) is 9.53 Å². The van der Waals surface area contributed by atoms with Crippen LogP contribution in [0.5, 0.6) is 0 Å². The molecule has 0 aromatic heterocycles. The van der Waals surface area contributed by atoms with Gasteiger partial charge in [-0.2, -0.15) is 0 Å². The second-order valence-electron chi connectivity index (χ2n) is 4.92. The molecule has 1 heterocycles. The molecule has 98 valence electrons. The lowest BCUT2D eigenvalue weighted by atomic mass is 10.0. The molecule has 0 saturated carbocycles. The summed E-state index contributed by atoms with van der Waals surface area (Å²) in [5, 5.41) is 2.92. The summed E-state index contributed by atoms with van der Waals surface area (Å²) in [5.74, 6) is 0.195. The van der Waals surface area contributed by atoms with Crippen LogP contribution in [0.1, 0.15) is 31.9 Å². The zero-order valence-electron chi connectivity index (χ0n) is 10.8. The summed E-state index contributed by atoms with van der Waals surface area (Å²) in [6.07, 6.45) is 0.596. The molecule has 1 aromatic carbocycles. The van der Waals surface area contributed by atoms with Gasteiger partial charge in [0.2, 0.25) is 0 Å². The molecule has 2 rings (SSSR count). The van der Waals surface area contributed by atoms with E-state index in [4.69, 9.17) is 10.5 Å². The molecule has 4 nitrogen and oxygen atoms in total. The summed E-state index contributed by atoms with van der Waals surface area (Å²) in [7, 11) is 0. The molecule has 0 radical (unpaired) electrons. The van der Waals surface area contributed by atoms with Crippen molar-refractivity contribution in [3.63, 3.8) is 0 Å². The van der Waals surface area contributed by atoms with Crippen molar-refractivity contribution in [1.29, 1.82) is 0 Å². The van der Waals surface area contributed by atoms with E-state index in [0.29, 0.717) is 6.61 Å². The van der Waals surface area contributed by atoms with Crippen LogP contribution >= 0.6 is 0 Å². The predicted octanol–water partition coefficient (Wildman–Crippen LogP) is 2.07. The van der Waals surface area contributed by atoms with Crippen molar-refractivity contribution in [2.24, 2.45) is 11.7 Å². The van der Waals surface area contributed by atoms with Crippen molar-refractivity contribution >= 4 is 11.6 Å². The van der Waals surface area contributed by atoms with Crippen molar-refractivity contribution in [3.05, 3.63) is 29.8 Å². The molecule has 3 N–H and O–H groups in total. The molecule has 4 heteroatoms. The maximum absolute atomic E-state index is 12.1. The Morgan fingerprint density at radius 1 is 1.50 bits per heavy atom. The molecule has 1 fully saturated rings. The molecule has 3 atom stereocenters. The van der Waals surface area contributed by atoms with Gasteiger partial charge in [0.15, 0.2) is 0 Å². The van der Waals surface area contributed by atoms with E-state index in [1.165, 1.54) is 0 Å². The van der Waals surface area contributed by atoms with E-state index in [2.05, 4.69) is 5.32 Å². The third kappa shape index (κ3) is 2.71. The molecule has 0 spiro atoms. The quantitative estimate of drug-likeness (QED) is 0.860. The number of rotatable bonds is 3. The van der Waals surface area contributed by atoms with Gasteiger partial charge in [0, 0.05) is 18.3 Å². The average Bonchev–Trinajstić information content (AvgIpc) is 2.76. The van der Waals surface area contributed by atoms with Gasteiger partial charge in [-0.25, -0.2) is 0 Å². The van der Waals surface area contributed by atoms with E-state index >= 15 is 0 Å². The Kier molecular flexibility index (Phi) is 3.99. The highest BCUT2D eigenvalue weighted by Crippen LogP contribution is 2.24. The van der Waals surface area contributed by atoms with Gasteiger partial charge in [0.1, 0.15) is 6.10 Å². The van der Waals surface area contributed by atoms with E-state index in [9.17, 15) is 4.79 Å². The number of carbonyl (C=O) groups excluding carboxylic acids is 1. The monoisotopic (exact) mass is 248 g/mol. The Bertz CT molecular complexity index is 432. The van der Waals surface area contributed by atoms with Crippen LogP contribution in [0.2, 0.25) is 0 Å². The van der Waals surface area contributed by atoms with Crippen LogP contribution in [0.25, 0.3) is 0 Å². The first kappa shape index (κ1) is 13.1. The number of carbonyl (C=O) groups is 1. The topological polar surface area (TPSA) is 64.3 Å². The van der Waals surface area contributed by atoms with Crippen LogP contribution in [0.4, 0.5) is 5.69 Å². The highest BCUT2D eigenvalue weighted by atomic mass is 16.5. The number of anilines is 1. The predicted molar refractivity (Wildman–Crippen MR) is 71.2 cm³/mol. The van der Waals surface area contributed by atoms with Gasteiger partial charge in [-0.05, 0) is 30.9 Å². The number of nitrogens with two attached hydrogens (primary N) is 1.